The zero-order valence-electron chi connectivity index (χ0n) is 20.6. The van der Waals surface area contributed by atoms with Crippen molar-refractivity contribution in [2.45, 2.75) is 26.2 Å². The molecule has 2 fully saturated rings. The van der Waals surface area contributed by atoms with Gasteiger partial charge in [-0.3, -0.25) is 14.4 Å². The number of anilines is 2. The van der Waals surface area contributed by atoms with E-state index in [0.29, 0.717) is 50.4 Å². The molecule has 2 atom stereocenters. The summed E-state index contributed by atoms with van der Waals surface area (Å²) < 4.78 is 0. The van der Waals surface area contributed by atoms with Crippen molar-refractivity contribution in [1.82, 2.24) is 24.9 Å². The van der Waals surface area contributed by atoms with Crippen LogP contribution in [-0.2, 0) is 9.59 Å². The largest absolute Gasteiger partial charge is 0.481 e. The van der Waals surface area contributed by atoms with Gasteiger partial charge in [-0.25, -0.2) is 4.98 Å². The van der Waals surface area contributed by atoms with Crippen LogP contribution in [0.2, 0.25) is 0 Å². The van der Waals surface area contributed by atoms with Crippen LogP contribution in [0.5, 0.6) is 0 Å². The Bertz CT molecular complexity index is 1280. The number of carbonyl (C=O) groups excluding carboxylic acids is 2. The summed E-state index contributed by atoms with van der Waals surface area (Å²) in [4.78, 5) is 47.0. The van der Waals surface area contributed by atoms with E-state index in [0.717, 1.165) is 17.9 Å². The third-order valence-electron chi connectivity index (χ3n) is 7.06. The average molecular weight is 504 g/mol. The van der Waals surface area contributed by atoms with E-state index >= 15 is 0 Å². The minimum absolute atomic E-state index is 0.0462. The number of carbonyl (C=O) groups is 3. The zero-order valence-corrected chi connectivity index (χ0v) is 20.6. The molecule has 0 bridgehead atoms. The van der Waals surface area contributed by atoms with Crippen LogP contribution >= 0.6 is 0 Å². The number of carboxylic acids is 1. The molecule has 1 aliphatic heterocycles. The van der Waals surface area contributed by atoms with Gasteiger partial charge in [0.1, 0.15) is 5.82 Å². The lowest BCUT2D eigenvalue weighted by atomic mass is 9.94. The van der Waals surface area contributed by atoms with Crippen LogP contribution in [0.25, 0.3) is 5.69 Å². The smallest absolute Gasteiger partial charge is 0.307 e. The van der Waals surface area contributed by atoms with E-state index in [9.17, 15) is 19.5 Å². The minimum atomic E-state index is -0.873. The van der Waals surface area contributed by atoms with Gasteiger partial charge >= 0.3 is 5.97 Å². The van der Waals surface area contributed by atoms with Gasteiger partial charge in [0.2, 0.25) is 5.91 Å². The second-order valence-corrected chi connectivity index (χ2v) is 9.41. The summed E-state index contributed by atoms with van der Waals surface area (Å²) in [5.41, 5.74) is 2.06. The van der Waals surface area contributed by atoms with Gasteiger partial charge in [0.25, 0.3) is 5.91 Å². The molecule has 192 valence electrons. The molecule has 1 aliphatic carbocycles. The van der Waals surface area contributed by atoms with Crippen molar-refractivity contribution in [3.8, 4) is 5.69 Å². The van der Waals surface area contributed by atoms with Crippen LogP contribution < -0.4 is 10.2 Å². The van der Waals surface area contributed by atoms with Crippen molar-refractivity contribution in [2.75, 3.05) is 36.4 Å². The third kappa shape index (κ3) is 5.16. The lowest BCUT2D eigenvalue weighted by molar-refractivity contribution is -0.149. The number of amides is 2. The molecule has 0 spiro atoms. The van der Waals surface area contributed by atoms with E-state index in [-0.39, 0.29) is 17.5 Å². The Labute approximate surface area is 214 Å². The lowest BCUT2D eigenvalue weighted by Crippen LogP contribution is -2.51. The van der Waals surface area contributed by atoms with Crippen molar-refractivity contribution in [3.63, 3.8) is 0 Å². The van der Waals surface area contributed by atoms with Gasteiger partial charge in [-0.05, 0) is 44.0 Å². The molecule has 11 heteroatoms. The molecule has 2 aromatic heterocycles. The topological polar surface area (TPSA) is 134 Å². The van der Waals surface area contributed by atoms with Gasteiger partial charge in [0, 0.05) is 26.2 Å². The number of aromatic nitrogens is 4. The first-order chi connectivity index (χ1) is 17.9. The van der Waals surface area contributed by atoms with Crippen molar-refractivity contribution in [2.24, 2.45) is 11.8 Å². The number of carboxylic acid groups (broad SMARTS) is 1. The van der Waals surface area contributed by atoms with Gasteiger partial charge in [0.15, 0.2) is 5.69 Å². The molecule has 3 heterocycles. The van der Waals surface area contributed by atoms with E-state index < -0.39 is 17.8 Å². The Morgan fingerprint density at radius 1 is 0.946 bits per heavy atom. The molecule has 37 heavy (non-hydrogen) atoms. The second-order valence-electron chi connectivity index (χ2n) is 9.41. The SMILES string of the molecule is Cc1nn(-c2ccccc2)nc1C(=O)Nc1ccc(N2CCN(C(=O)C3CCCC3C(=O)O)CC2)nc1. The molecule has 1 saturated carbocycles. The summed E-state index contributed by atoms with van der Waals surface area (Å²) in [6.45, 7) is 4.01. The molecular weight excluding hydrogens is 474 g/mol. The molecule has 2 amide bonds. The molecule has 5 rings (SSSR count). The number of nitrogens with one attached hydrogen (secondary N) is 1. The highest BCUT2D eigenvalue weighted by Gasteiger charge is 2.40. The molecule has 2 N–H and O–H groups in total. The van der Waals surface area contributed by atoms with Crippen molar-refractivity contribution < 1.29 is 19.5 Å². The summed E-state index contributed by atoms with van der Waals surface area (Å²) in [6, 6.07) is 13.0. The maximum absolute atomic E-state index is 12.9. The van der Waals surface area contributed by atoms with Crippen LogP contribution in [0.3, 0.4) is 0 Å². The number of para-hydroxylation sites is 1. The Morgan fingerprint density at radius 2 is 1.68 bits per heavy atom. The summed E-state index contributed by atoms with van der Waals surface area (Å²) in [5.74, 6) is -1.52. The van der Waals surface area contributed by atoms with Gasteiger partial charge in [-0.1, -0.05) is 24.6 Å². The first kappa shape index (κ1) is 24.4. The Morgan fingerprint density at radius 3 is 2.35 bits per heavy atom. The first-order valence-corrected chi connectivity index (χ1v) is 12.4. The molecule has 1 aromatic carbocycles. The predicted octanol–water partition coefficient (Wildman–Crippen LogP) is 2.37. The fourth-order valence-corrected chi connectivity index (χ4v) is 5.04. The zero-order chi connectivity index (χ0) is 25.9. The number of benzene rings is 1. The molecule has 1 saturated heterocycles. The average Bonchev–Trinajstić information content (AvgIpc) is 3.57. The maximum atomic E-state index is 12.9. The van der Waals surface area contributed by atoms with Gasteiger partial charge < -0.3 is 20.2 Å². The van der Waals surface area contributed by atoms with Crippen LogP contribution in [0, 0.1) is 18.8 Å². The number of hydrogen-bond donors (Lipinski definition) is 2. The molecule has 11 nitrogen and oxygen atoms in total. The summed E-state index contributed by atoms with van der Waals surface area (Å²) in [5, 5.41) is 20.9. The number of pyridine rings is 1. The van der Waals surface area contributed by atoms with Crippen LogP contribution in [0.1, 0.15) is 35.4 Å². The van der Waals surface area contributed by atoms with E-state index in [4.69, 9.17) is 0 Å². The highest BCUT2D eigenvalue weighted by molar-refractivity contribution is 6.03. The van der Waals surface area contributed by atoms with Gasteiger partial charge in [0.05, 0.1) is 35.1 Å². The number of rotatable bonds is 6. The lowest BCUT2D eigenvalue weighted by Gasteiger charge is -2.37. The quantitative estimate of drug-likeness (QED) is 0.524. The minimum Gasteiger partial charge on any atom is -0.481 e. The molecular formula is C26H29N7O4. The van der Waals surface area contributed by atoms with Crippen molar-refractivity contribution in [1.29, 1.82) is 0 Å². The first-order valence-electron chi connectivity index (χ1n) is 12.4. The number of nitrogens with zero attached hydrogens (tertiary/aromatic N) is 6. The fourth-order valence-electron chi connectivity index (χ4n) is 5.04. The third-order valence-corrected chi connectivity index (χ3v) is 7.06. The van der Waals surface area contributed by atoms with E-state index in [1.807, 2.05) is 36.4 Å². The highest BCUT2D eigenvalue weighted by Crippen LogP contribution is 2.33. The fraction of sp³-hybridized carbons (Fsp3) is 0.385. The van der Waals surface area contributed by atoms with E-state index in [1.54, 1.807) is 24.1 Å². The van der Waals surface area contributed by atoms with Crippen LogP contribution in [0.15, 0.2) is 48.7 Å². The van der Waals surface area contributed by atoms with Crippen molar-refractivity contribution >= 4 is 29.3 Å². The number of piperazine rings is 1. The Kier molecular flexibility index (Phi) is 6.85. The standard InChI is InChI=1S/C26H29N7O4/c1-17-23(30-33(29-17)19-6-3-2-4-7-19)24(34)28-18-10-11-22(27-16-18)31-12-14-32(15-13-31)25(35)20-8-5-9-21(20)26(36)37/h2-4,6-7,10-11,16,20-21H,5,8-9,12-15H2,1H3,(H,28,34)(H,36,37). The Hall–Kier alpha value is -4.28. The molecule has 2 aliphatic rings. The Balaban J connectivity index is 1.17. The summed E-state index contributed by atoms with van der Waals surface area (Å²) in [7, 11) is 0. The van der Waals surface area contributed by atoms with E-state index in [2.05, 4.69) is 25.4 Å². The monoisotopic (exact) mass is 503 g/mol. The van der Waals surface area contributed by atoms with Crippen LogP contribution in [-0.4, -0.2) is 73.9 Å². The highest BCUT2D eigenvalue weighted by atomic mass is 16.4. The second kappa shape index (κ2) is 10.4. The predicted molar refractivity (Wildman–Crippen MR) is 136 cm³/mol. The van der Waals surface area contributed by atoms with Gasteiger partial charge in [-0.15, -0.1) is 5.10 Å². The summed E-state index contributed by atoms with van der Waals surface area (Å²) >= 11 is 0. The number of aryl methyl sites for hydroxylation is 1. The van der Waals surface area contributed by atoms with E-state index in [1.165, 1.54) is 4.80 Å². The van der Waals surface area contributed by atoms with Crippen molar-refractivity contribution in [3.05, 3.63) is 60.0 Å². The van der Waals surface area contributed by atoms with Gasteiger partial charge in [-0.2, -0.15) is 9.90 Å². The molecule has 2 unspecified atom stereocenters. The summed E-state index contributed by atoms with van der Waals surface area (Å²) in [6.07, 6.45) is 3.60. The normalized spacial score (nSPS) is 19.6. The number of hydrogen-bond acceptors (Lipinski definition) is 7. The molecule has 3 aromatic rings. The molecule has 0 radical (unpaired) electrons. The van der Waals surface area contributed by atoms with Crippen LogP contribution in [0.4, 0.5) is 11.5 Å². The maximum Gasteiger partial charge on any atom is 0.307 e. The number of aliphatic carboxylic acids is 1.